The number of amides is 6. The number of pyridine rings is 1. The number of urea groups is 1. The minimum atomic E-state index is -2.17. The minimum absolute atomic E-state index is 0.125. The summed E-state index contributed by atoms with van der Waals surface area (Å²) >= 11 is 0. The summed E-state index contributed by atoms with van der Waals surface area (Å²) < 4.78 is 5.60. The van der Waals surface area contributed by atoms with Gasteiger partial charge in [0.1, 0.15) is 6.54 Å². The van der Waals surface area contributed by atoms with Gasteiger partial charge in [-0.15, -0.1) is 10.2 Å². The smallest absolute Gasteiger partial charge is 0.327 e. The van der Waals surface area contributed by atoms with E-state index >= 15 is 0 Å². The Bertz CT molecular complexity index is 1600. The topological polar surface area (TPSA) is 185 Å². The van der Waals surface area contributed by atoms with E-state index in [1.807, 2.05) is 31.2 Å². The summed E-state index contributed by atoms with van der Waals surface area (Å²) in [7, 11) is 0. The highest BCUT2D eigenvalue weighted by Gasteiger charge is 2.61. The zero-order valence-electron chi connectivity index (χ0n) is 23.7. The lowest BCUT2D eigenvalue weighted by Gasteiger charge is -2.34. The molecule has 2 aliphatic heterocycles. The van der Waals surface area contributed by atoms with Gasteiger partial charge in [-0.1, -0.05) is 43.7 Å². The number of rotatable bonds is 10. The molecule has 1 unspecified atom stereocenters. The summed E-state index contributed by atoms with van der Waals surface area (Å²) in [4.78, 5) is 84.0. The van der Waals surface area contributed by atoms with Gasteiger partial charge >= 0.3 is 6.03 Å². The number of nitrogens with one attached hydrogen (secondary N) is 2. The minimum Gasteiger partial charge on any atom is -0.418 e. The molecule has 0 saturated carbocycles. The fourth-order valence-corrected chi connectivity index (χ4v) is 5.18. The molecule has 2 fully saturated rings. The largest absolute Gasteiger partial charge is 0.418 e. The predicted octanol–water partition coefficient (Wildman–Crippen LogP) is 1.24. The molecule has 4 heterocycles. The van der Waals surface area contributed by atoms with Crippen molar-refractivity contribution in [2.24, 2.45) is 5.92 Å². The van der Waals surface area contributed by atoms with Crippen molar-refractivity contribution >= 4 is 35.4 Å². The normalized spacial score (nSPS) is 19.3. The molecule has 0 spiro atoms. The van der Waals surface area contributed by atoms with Gasteiger partial charge in [0.05, 0.1) is 12.5 Å². The highest BCUT2D eigenvalue weighted by molar-refractivity contribution is 6.15. The van der Waals surface area contributed by atoms with Crippen molar-refractivity contribution in [3.05, 3.63) is 77.3 Å². The summed E-state index contributed by atoms with van der Waals surface area (Å²) in [5, 5.41) is 12.8. The van der Waals surface area contributed by atoms with Gasteiger partial charge in [0, 0.05) is 30.8 Å². The average molecular weight is 588 g/mol. The van der Waals surface area contributed by atoms with Crippen LogP contribution in [0.3, 0.4) is 0 Å². The van der Waals surface area contributed by atoms with Crippen LogP contribution in [-0.4, -0.2) is 73.0 Å². The first-order valence-corrected chi connectivity index (χ1v) is 13.6. The highest BCUT2D eigenvalue weighted by atomic mass is 16.4. The van der Waals surface area contributed by atoms with Crippen LogP contribution in [0.4, 0.5) is 4.79 Å². The van der Waals surface area contributed by atoms with Crippen LogP contribution < -0.4 is 10.6 Å². The van der Waals surface area contributed by atoms with Gasteiger partial charge in [0.15, 0.2) is 0 Å². The van der Waals surface area contributed by atoms with E-state index in [9.17, 15) is 28.8 Å². The molecule has 1 aromatic carbocycles. The van der Waals surface area contributed by atoms with Gasteiger partial charge in [-0.05, 0) is 30.5 Å². The van der Waals surface area contributed by atoms with Crippen LogP contribution in [0, 0.1) is 12.8 Å². The zero-order chi connectivity index (χ0) is 30.9. The molecule has 5 rings (SSSR count). The molecule has 6 amide bonds. The van der Waals surface area contributed by atoms with Gasteiger partial charge in [0.25, 0.3) is 11.8 Å². The maximum Gasteiger partial charge on any atom is 0.327 e. The second-order valence-corrected chi connectivity index (χ2v) is 10.7. The fourth-order valence-electron chi connectivity index (χ4n) is 5.18. The van der Waals surface area contributed by atoms with E-state index in [-0.39, 0.29) is 30.2 Å². The van der Waals surface area contributed by atoms with Crippen LogP contribution in [0.5, 0.6) is 0 Å². The Morgan fingerprint density at radius 1 is 1.05 bits per heavy atom. The number of nitrogens with zero attached hydrogens (tertiary/aromatic N) is 5. The average Bonchev–Trinajstić information content (AvgIpc) is 3.64. The Morgan fingerprint density at radius 2 is 1.74 bits per heavy atom. The number of carbonyl (C=O) groups is 6. The third-order valence-electron chi connectivity index (χ3n) is 7.26. The number of aryl methyl sites for hydroxylation is 1. The van der Waals surface area contributed by atoms with Crippen LogP contribution in [0.1, 0.15) is 60.0 Å². The molecular formula is C29H29N7O7. The molecule has 2 N–H and O–H groups in total. The predicted molar refractivity (Wildman–Crippen MR) is 147 cm³/mol. The van der Waals surface area contributed by atoms with E-state index in [2.05, 4.69) is 25.8 Å². The lowest BCUT2D eigenvalue weighted by Crippen LogP contribution is -2.60. The fraction of sp³-hybridized carbons (Fsp3) is 0.345. The van der Waals surface area contributed by atoms with E-state index in [0.29, 0.717) is 11.3 Å². The van der Waals surface area contributed by atoms with Crippen LogP contribution in [-0.2, 0) is 31.3 Å². The van der Waals surface area contributed by atoms with Gasteiger partial charge in [-0.3, -0.25) is 33.9 Å². The monoisotopic (exact) mass is 587 g/mol. The van der Waals surface area contributed by atoms with E-state index in [1.54, 1.807) is 13.8 Å². The Morgan fingerprint density at radius 3 is 2.40 bits per heavy atom. The maximum absolute atomic E-state index is 13.8. The number of hydrogen-bond acceptors (Lipinski definition) is 10. The number of imide groups is 2. The number of ketones is 1. The second-order valence-electron chi connectivity index (χ2n) is 10.7. The Balaban J connectivity index is 1.33. The van der Waals surface area contributed by atoms with Crippen molar-refractivity contribution in [3.8, 4) is 0 Å². The summed E-state index contributed by atoms with van der Waals surface area (Å²) in [5.41, 5.74) is -0.0707. The van der Waals surface area contributed by atoms with Crippen molar-refractivity contribution in [2.45, 2.75) is 51.7 Å². The van der Waals surface area contributed by atoms with Gasteiger partial charge in [-0.2, -0.15) is 0 Å². The lowest BCUT2D eigenvalue weighted by atomic mass is 9.98. The number of likely N-dealkylation sites (tertiary alicyclic amines) is 1. The van der Waals surface area contributed by atoms with Crippen molar-refractivity contribution in [3.63, 3.8) is 0 Å². The molecule has 2 saturated heterocycles. The van der Waals surface area contributed by atoms with Crippen LogP contribution in [0.2, 0.25) is 0 Å². The SMILES string of the molecule is Cc1cccc(Cc2nnc(C(=O)[C@@H](NC(=O)CN3C(=O)NC(c4ccncc4)(N4C(=O)CCC4=O)C3=O)C(C)C)o2)c1. The van der Waals surface area contributed by atoms with Crippen molar-refractivity contribution < 1.29 is 33.2 Å². The van der Waals surface area contributed by atoms with Crippen LogP contribution in [0.25, 0.3) is 0 Å². The number of benzene rings is 1. The van der Waals surface area contributed by atoms with E-state index in [1.165, 1.54) is 24.5 Å². The van der Waals surface area contributed by atoms with Gasteiger partial charge in [0.2, 0.25) is 35.1 Å². The lowest BCUT2D eigenvalue weighted by molar-refractivity contribution is -0.156. The third kappa shape index (κ3) is 5.50. The van der Waals surface area contributed by atoms with Crippen molar-refractivity contribution in [1.82, 2.24) is 35.6 Å². The third-order valence-corrected chi connectivity index (χ3v) is 7.26. The van der Waals surface area contributed by atoms with E-state index in [0.717, 1.165) is 16.0 Å². The quantitative estimate of drug-likeness (QED) is 0.199. The molecule has 43 heavy (non-hydrogen) atoms. The first-order valence-electron chi connectivity index (χ1n) is 13.6. The molecular weight excluding hydrogens is 558 g/mol. The molecule has 14 heteroatoms. The molecule has 2 atom stereocenters. The second kappa shape index (κ2) is 11.5. The molecule has 2 aromatic heterocycles. The summed E-state index contributed by atoms with van der Waals surface area (Å²) in [6.07, 6.45) is 2.75. The number of aromatic nitrogens is 3. The summed E-state index contributed by atoms with van der Waals surface area (Å²) in [5.74, 6) is -4.25. The molecule has 0 aliphatic carbocycles. The standard InChI is InChI=1S/C29H29N7O7/c1-16(2)24(25(40)26-34-33-21(43-26)14-18-6-4-5-17(3)13-18)31-20(37)15-35-27(41)29(32-28(35)42,19-9-11-30-12-10-19)36-22(38)7-8-23(36)39/h4-6,9-13,16,24H,7-8,14-15H2,1-3H3,(H,31,37)(H,32,42)/t24-,29?/m0/s1. The Hall–Kier alpha value is -5.27. The van der Waals surface area contributed by atoms with Gasteiger partial charge in [-0.25, -0.2) is 9.69 Å². The molecule has 0 radical (unpaired) electrons. The Kier molecular flexibility index (Phi) is 7.85. The van der Waals surface area contributed by atoms with Crippen LogP contribution >= 0.6 is 0 Å². The summed E-state index contributed by atoms with van der Waals surface area (Å²) in [6.45, 7) is 4.55. The Labute approximate surface area is 245 Å². The molecule has 2 aliphatic rings. The first-order chi connectivity index (χ1) is 20.5. The first kappa shape index (κ1) is 29.2. The summed E-state index contributed by atoms with van der Waals surface area (Å²) in [6, 6.07) is 8.37. The van der Waals surface area contributed by atoms with Crippen LogP contribution in [0.15, 0.2) is 53.2 Å². The number of Topliss-reactive ketones (excluding diaryl/α,β-unsaturated/α-hetero) is 1. The molecule has 14 nitrogen and oxygen atoms in total. The zero-order valence-corrected chi connectivity index (χ0v) is 23.7. The number of carbonyl (C=O) groups excluding carboxylic acids is 6. The van der Waals surface area contributed by atoms with Crippen molar-refractivity contribution in [2.75, 3.05) is 6.54 Å². The molecule has 222 valence electrons. The molecule has 0 bridgehead atoms. The highest BCUT2D eigenvalue weighted by Crippen LogP contribution is 2.36. The maximum atomic E-state index is 13.8. The van der Waals surface area contributed by atoms with E-state index < -0.39 is 59.6 Å². The van der Waals surface area contributed by atoms with E-state index in [4.69, 9.17) is 4.42 Å². The van der Waals surface area contributed by atoms with Crippen molar-refractivity contribution in [1.29, 1.82) is 0 Å². The van der Waals surface area contributed by atoms with Gasteiger partial charge < -0.3 is 15.1 Å². The number of hydrogen-bond donors (Lipinski definition) is 2. The molecule has 3 aromatic rings.